The molecule has 1 aliphatic rings. The zero-order valence-corrected chi connectivity index (χ0v) is 11.0. The molecule has 1 aromatic rings. The van der Waals surface area contributed by atoms with Gasteiger partial charge in [0.25, 0.3) is 0 Å². The molecule has 0 radical (unpaired) electrons. The molecule has 1 saturated heterocycles. The van der Waals surface area contributed by atoms with Crippen molar-refractivity contribution < 1.29 is 8.42 Å². The molecule has 0 atom stereocenters. The third-order valence-electron chi connectivity index (χ3n) is 3.32. The third-order valence-corrected chi connectivity index (χ3v) is 5.35. The van der Waals surface area contributed by atoms with Gasteiger partial charge in [-0.3, -0.25) is 0 Å². The highest BCUT2D eigenvalue weighted by molar-refractivity contribution is 7.89. The summed E-state index contributed by atoms with van der Waals surface area (Å²) in [6, 6.07) is 3.37. The number of nitrogens with two attached hydrogens (primary N) is 1. The molecule has 94 valence electrons. The van der Waals surface area contributed by atoms with E-state index in [4.69, 9.17) is 5.73 Å². The van der Waals surface area contributed by atoms with Gasteiger partial charge in [0.2, 0.25) is 10.0 Å². The van der Waals surface area contributed by atoms with Crippen LogP contribution in [0.3, 0.4) is 0 Å². The van der Waals surface area contributed by atoms with Crippen molar-refractivity contribution >= 4 is 15.7 Å². The first-order valence-corrected chi connectivity index (χ1v) is 7.24. The van der Waals surface area contributed by atoms with E-state index in [1.807, 2.05) is 13.8 Å². The molecule has 1 aromatic carbocycles. The summed E-state index contributed by atoms with van der Waals surface area (Å²) < 4.78 is 26.4. The Morgan fingerprint density at radius 3 is 2.35 bits per heavy atom. The van der Waals surface area contributed by atoms with Crippen LogP contribution < -0.4 is 5.73 Å². The summed E-state index contributed by atoms with van der Waals surface area (Å²) in [6.45, 7) is 4.96. The number of hydrogen-bond donors (Lipinski definition) is 1. The van der Waals surface area contributed by atoms with Gasteiger partial charge in [-0.05, 0) is 49.9 Å². The molecule has 0 saturated carbocycles. The summed E-state index contributed by atoms with van der Waals surface area (Å²) in [6.07, 6.45) is 1.89. The Balaban J connectivity index is 2.52. The van der Waals surface area contributed by atoms with E-state index in [2.05, 4.69) is 0 Å². The van der Waals surface area contributed by atoms with Crippen LogP contribution in [0, 0.1) is 13.8 Å². The van der Waals surface area contributed by atoms with Gasteiger partial charge in [0.15, 0.2) is 0 Å². The van der Waals surface area contributed by atoms with E-state index >= 15 is 0 Å². The standard InChI is InChI=1S/C12H18N2O2S/c1-9-7-11(13)8-12(10(9)2)17(15,16)14-5-3-4-6-14/h7-8H,3-6,13H2,1-2H3. The fraction of sp³-hybridized carbons (Fsp3) is 0.500. The molecule has 4 nitrogen and oxygen atoms in total. The van der Waals surface area contributed by atoms with Gasteiger partial charge in [-0.25, -0.2) is 8.42 Å². The van der Waals surface area contributed by atoms with E-state index in [1.54, 1.807) is 16.4 Å². The first-order valence-electron chi connectivity index (χ1n) is 5.80. The number of benzene rings is 1. The van der Waals surface area contributed by atoms with Crippen molar-refractivity contribution in [2.75, 3.05) is 18.8 Å². The molecule has 0 bridgehead atoms. The molecule has 0 aromatic heterocycles. The predicted octanol–water partition coefficient (Wildman–Crippen LogP) is 1.67. The highest BCUT2D eigenvalue weighted by Gasteiger charge is 2.28. The molecule has 2 rings (SSSR count). The highest BCUT2D eigenvalue weighted by Crippen LogP contribution is 2.27. The maximum Gasteiger partial charge on any atom is 0.243 e. The average molecular weight is 254 g/mol. The summed E-state index contributed by atoms with van der Waals surface area (Å²) >= 11 is 0. The fourth-order valence-corrected chi connectivity index (χ4v) is 4.04. The van der Waals surface area contributed by atoms with Gasteiger partial charge in [0, 0.05) is 18.8 Å². The van der Waals surface area contributed by atoms with E-state index in [0.717, 1.165) is 24.0 Å². The Kier molecular flexibility index (Phi) is 3.14. The van der Waals surface area contributed by atoms with Crippen molar-refractivity contribution in [3.8, 4) is 0 Å². The number of sulfonamides is 1. The van der Waals surface area contributed by atoms with E-state index in [1.165, 1.54) is 0 Å². The molecule has 17 heavy (non-hydrogen) atoms. The number of nitrogen functional groups attached to an aromatic ring is 1. The van der Waals surface area contributed by atoms with Gasteiger partial charge in [0.05, 0.1) is 4.90 Å². The first kappa shape index (κ1) is 12.4. The van der Waals surface area contributed by atoms with E-state index in [0.29, 0.717) is 23.7 Å². The predicted molar refractivity (Wildman–Crippen MR) is 68.3 cm³/mol. The van der Waals surface area contributed by atoms with Crippen LogP contribution in [0.15, 0.2) is 17.0 Å². The number of rotatable bonds is 2. The smallest absolute Gasteiger partial charge is 0.243 e. The quantitative estimate of drug-likeness (QED) is 0.817. The second kappa shape index (κ2) is 4.31. The van der Waals surface area contributed by atoms with Crippen LogP contribution in [0.4, 0.5) is 5.69 Å². The van der Waals surface area contributed by atoms with Crippen LogP contribution in [-0.4, -0.2) is 25.8 Å². The van der Waals surface area contributed by atoms with E-state index < -0.39 is 10.0 Å². The second-order valence-corrected chi connectivity index (χ2v) is 6.48. The van der Waals surface area contributed by atoms with Gasteiger partial charge < -0.3 is 5.73 Å². The lowest BCUT2D eigenvalue weighted by Gasteiger charge is -2.18. The molecule has 0 unspecified atom stereocenters. The minimum absolute atomic E-state index is 0.358. The minimum Gasteiger partial charge on any atom is -0.399 e. The fourth-order valence-electron chi connectivity index (χ4n) is 2.19. The molecule has 0 aliphatic carbocycles. The number of anilines is 1. The average Bonchev–Trinajstić information content (AvgIpc) is 2.76. The van der Waals surface area contributed by atoms with Crippen molar-refractivity contribution in [1.82, 2.24) is 4.31 Å². The molecular weight excluding hydrogens is 236 g/mol. The van der Waals surface area contributed by atoms with Crippen molar-refractivity contribution in [3.05, 3.63) is 23.3 Å². The molecular formula is C12H18N2O2S. The second-order valence-electron chi connectivity index (χ2n) is 4.57. The Labute approximate surface area is 102 Å². The van der Waals surface area contributed by atoms with Crippen LogP contribution in [0.25, 0.3) is 0 Å². The summed E-state index contributed by atoms with van der Waals surface area (Å²) in [5, 5.41) is 0. The van der Waals surface area contributed by atoms with Crippen molar-refractivity contribution in [2.24, 2.45) is 0 Å². The number of aryl methyl sites for hydroxylation is 1. The zero-order valence-electron chi connectivity index (χ0n) is 10.2. The van der Waals surface area contributed by atoms with Crippen LogP contribution in [-0.2, 0) is 10.0 Å². The maximum absolute atomic E-state index is 12.4. The maximum atomic E-state index is 12.4. The van der Waals surface area contributed by atoms with E-state index in [9.17, 15) is 8.42 Å². The highest BCUT2D eigenvalue weighted by atomic mass is 32.2. The zero-order chi connectivity index (χ0) is 12.6. The Bertz CT molecular complexity index is 532. The van der Waals surface area contributed by atoms with Gasteiger partial charge in [-0.1, -0.05) is 0 Å². The summed E-state index contributed by atoms with van der Waals surface area (Å²) in [4.78, 5) is 0.358. The van der Waals surface area contributed by atoms with Crippen LogP contribution >= 0.6 is 0 Å². The molecule has 5 heteroatoms. The lowest BCUT2D eigenvalue weighted by atomic mass is 10.1. The van der Waals surface area contributed by atoms with Crippen LogP contribution in [0.5, 0.6) is 0 Å². The minimum atomic E-state index is -3.36. The Morgan fingerprint density at radius 2 is 1.76 bits per heavy atom. The lowest BCUT2D eigenvalue weighted by Crippen LogP contribution is -2.28. The van der Waals surface area contributed by atoms with Gasteiger partial charge in [-0.15, -0.1) is 0 Å². The van der Waals surface area contributed by atoms with Crippen molar-refractivity contribution in [1.29, 1.82) is 0 Å². The first-order chi connectivity index (χ1) is 7.93. The molecule has 0 spiro atoms. The summed E-state index contributed by atoms with van der Waals surface area (Å²) in [5.41, 5.74) is 7.96. The monoisotopic (exact) mass is 254 g/mol. The molecule has 2 N–H and O–H groups in total. The Hall–Kier alpha value is -1.07. The number of nitrogens with zero attached hydrogens (tertiary/aromatic N) is 1. The van der Waals surface area contributed by atoms with Gasteiger partial charge >= 0.3 is 0 Å². The topological polar surface area (TPSA) is 63.4 Å². The molecule has 1 heterocycles. The summed E-state index contributed by atoms with van der Waals surface area (Å²) in [5.74, 6) is 0. The Morgan fingerprint density at radius 1 is 1.18 bits per heavy atom. The van der Waals surface area contributed by atoms with Crippen LogP contribution in [0.1, 0.15) is 24.0 Å². The largest absolute Gasteiger partial charge is 0.399 e. The van der Waals surface area contributed by atoms with Crippen LogP contribution in [0.2, 0.25) is 0 Å². The normalized spacial score (nSPS) is 17.5. The molecule has 1 fully saturated rings. The molecule has 1 aliphatic heterocycles. The van der Waals surface area contributed by atoms with Crippen molar-refractivity contribution in [3.63, 3.8) is 0 Å². The van der Waals surface area contributed by atoms with Gasteiger partial charge in [0.1, 0.15) is 0 Å². The van der Waals surface area contributed by atoms with Crippen molar-refractivity contribution in [2.45, 2.75) is 31.6 Å². The summed E-state index contributed by atoms with van der Waals surface area (Å²) in [7, 11) is -3.36. The van der Waals surface area contributed by atoms with Gasteiger partial charge in [-0.2, -0.15) is 4.31 Å². The SMILES string of the molecule is Cc1cc(N)cc(S(=O)(=O)N2CCCC2)c1C. The van der Waals surface area contributed by atoms with E-state index in [-0.39, 0.29) is 0 Å². The number of hydrogen-bond acceptors (Lipinski definition) is 3. The lowest BCUT2D eigenvalue weighted by molar-refractivity contribution is 0.477. The third kappa shape index (κ3) is 2.17. The molecule has 0 amide bonds.